The van der Waals surface area contributed by atoms with Crippen LogP contribution in [0.2, 0.25) is 0 Å². The van der Waals surface area contributed by atoms with Gasteiger partial charge in [-0.05, 0) is 54.1 Å². The van der Waals surface area contributed by atoms with Crippen molar-refractivity contribution in [1.82, 2.24) is 35.0 Å². The van der Waals surface area contributed by atoms with Gasteiger partial charge < -0.3 is 4.98 Å². The first-order valence-corrected chi connectivity index (χ1v) is 11.3. The second-order valence-electron chi connectivity index (χ2n) is 8.93. The van der Waals surface area contributed by atoms with Crippen LogP contribution in [0.25, 0.3) is 55.8 Å². The van der Waals surface area contributed by atoms with E-state index < -0.39 is 0 Å². The third-order valence-electron chi connectivity index (χ3n) is 6.42. The molecule has 7 rings (SSSR count). The maximum atomic E-state index is 4.96. The van der Waals surface area contributed by atoms with Crippen LogP contribution in [0.1, 0.15) is 11.1 Å². The molecule has 5 heterocycles. The lowest BCUT2D eigenvalue weighted by Gasteiger charge is -2.18. The molecule has 6 aromatic rings. The van der Waals surface area contributed by atoms with Crippen LogP contribution in [-0.2, 0) is 13.1 Å². The van der Waals surface area contributed by atoms with Crippen molar-refractivity contribution in [2.75, 3.05) is 7.05 Å². The number of H-pyrrole nitrogens is 2. The van der Waals surface area contributed by atoms with Gasteiger partial charge in [-0.2, -0.15) is 5.10 Å². The van der Waals surface area contributed by atoms with Gasteiger partial charge in [0.2, 0.25) is 0 Å². The van der Waals surface area contributed by atoms with Crippen molar-refractivity contribution in [1.29, 1.82) is 0 Å². The van der Waals surface area contributed by atoms with Gasteiger partial charge in [0, 0.05) is 48.2 Å². The molecular weight excluding hydrogens is 422 g/mol. The van der Waals surface area contributed by atoms with Crippen LogP contribution in [0.3, 0.4) is 0 Å². The predicted molar refractivity (Wildman–Crippen MR) is 133 cm³/mol. The molecule has 1 aliphatic heterocycles. The van der Waals surface area contributed by atoms with E-state index in [0.717, 1.165) is 68.9 Å². The molecule has 7 heteroatoms. The molecule has 2 N–H and O–H groups in total. The molecule has 7 nitrogen and oxygen atoms in total. The molecule has 0 fully saturated rings. The van der Waals surface area contributed by atoms with Crippen LogP contribution < -0.4 is 0 Å². The summed E-state index contributed by atoms with van der Waals surface area (Å²) in [5, 5.41) is 8.77. The number of hydrogen-bond donors (Lipinski definition) is 2. The molecule has 1 aliphatic rings. The van der Waals surface area contributed by atoms with E-state index in [4.69, 9.17) is 9.97 Å². The fourth-order valence-corrected chi connectivity index (χ4v) is 4.86. The highest BCUT2D eigenvalue weighted by Crippen LogP contribution is 2.33. The number of aromatic nitrogens is 6. The van der Waals surface area contributed by atoms with Crippen molar-refractivity contribution in [2.24, 2.45) is 0 Å². The molecule has 0 amide bonds. The lowest BCUT2D eigenvalue weighted by atomic mass is 10.0. The summed E-state index contributed by atoms with van der Waals surface area (Å²) >= 11 is 0. The number of nitrogens with zero attached hydrogens (tertiary/aromatic N) is 5. The SMILES string of the molecule is CN1Cc2cncc(c2)-c2ccc3[nH]nc(c3c2)-c2nc3c(nccc3[nH]2)-c2cccc(c2)C1. The molecule has 0 unspecified atom stereocenters. The molecule has 0 spiro atoms. The number of hydrogen-bond acceptors (Lipinski definition) is 5. The van der Waals surface area contributed by atoms with Crippen LogP contribution >= 0.6 is 0 Å². The van der Waals surface area contributed by atoms with Gasteiger partial charge in [-0.25, -0.2) is 4.98 Å². The summed E-state index contributed by atoms with van der Waals surface area (Å²) < 4.78 is 0. The Balaban J connectivity index is 1.51. The zero-order valence-corrected chi connectivity index (χ0v) is 18.6. The summed E-state index contributed by atoms with van der Waals surface area (Å²) in [5.74, 6) is 0.722. The number of pyridine rings is 2. The fraction of sp³-hybridized carbons (Fsp3) is 0.111. The number of aromatic amines is 2. The quantitative estimate of drug-likeness (QED) is 0.338. The number of benzene rings is 2. The highest BCUT2D eigenvalue weighted by Gasteiger charge is 2.17. The van der Waals surface area contributed by atoms with Crippen molar-refractivity contribution in [3.8, 4) is 33.9 Å². The van der Waals surface area contributed by atoms with E-state index in [1.165, 1.54) is 11.1 Å². The van der Waals surface area contributed by atoms with Gasteiger partial charge in [0.05, 0.1) is 16.7 Å². The highest BCUT2D eigenvalue weighted by atomic mass is 15.1. The Morgan fingerprint density at radius 1 is 0.824 bits per heavy atom. The lowest BCUT2D eigenvalue weighted by Crippen LogP contribution is -2.17. The summed E-state index contributed by atoms with van der Waals surface area (Å²) in [6.45, 7) is 1.63. The van der Waals surface area contributed by atoms with Crippen molar-refractivity contribution in [3.05, 3.63) is 84.3 Å². The Labute approximate surface area is 195 Å². The predicted octanol–water partition coefficient (Wildman–Crippen LogP) is 5.18. The molecule has 0 aliphatic carbocycles. The number of rotatable bonds is 0. The Kier molecular flexibility index (Phi) is 4.13. The first-order chi connectivity index (χ1) is 16.7. The summed E-state index contributed by atoms with van der Waals surface area (Å²) in [7, 11) is 2.14. The van der Waals surface area contributed by atoms with Gasteiger partial charge in [0.1, 0.15) is 11.2 Å². The van der Waals surface area contributed by atoms with E-state index >= 15 is 0 Å². The fourth-order valence-electron chi connectivity index (χ4n) is 4.86. The van der Waals surface area contributed by atoms with Crippen LogP contribution in [0.5, 0.6) is 0 Å². The van der Waals surface area contributed by atoms with Gasteiger partial charge in [-0.15, -0.1) is 0 Å². The number of nitrogens with one attached hydrogen (secondary N) is 2. The topological polar surface area (TPSA) is 86.4 Å². The van der Waals surface area contributed by atoms with Crippen molar-refractivity contribution in [2.45, 2.75) is 13.1 Å². The van der Waals surface area contributed by atoms with Crippen molar-refractivity contribution in [3.63, 3.8) is 0 Å². The number of fused-ring (bicyclic) bond motifs is 9. The minimum absolute atomic E-state index is 0.722. The van der Waals surface area contributed by atoms with Crippen LogP contribution in [-0.4, -0.2) is 42.1 Å². The zero-order chi connectivity index (χ0) is 22.6. The first kappa shape index (κ1) is 19.1. The Morgan fingerprint density at radius 2 is 1.74 bits per heavy atom. The largest absolute Gasteiger partial charge is 0.336 e. The smallest absolute Gasteiger partial charge is 0.159 e. The van der Waals surface area contributed by atoms with Crippen molar-refractivity contribution < 1.29 is 0 Å². The molecule has 0 saturated heterocycles. The minimum Gasteiger partial charge on any atom is -0.336 e. The summed E-state index contributed by atoms with van der Waals surface area (Å²) in [5.41, 5.74) is 10.0. The van der Waals surface area contributed by atoms with E-state index in [1.54, 1.807) is 0 Å². The second kappa shape index (κ2) is 7.33. The maximum Gasteiger partial charge on any atom is 0.159 e. The van der Waals surface area contributed by atoms with E-state index in [2.05, 4.69) is 80.6 Å². The summed E-state index contributed by atoms with van der Waals surface area (Å²) in [6, 6.07) is 19.1. The Morgan fingerprint density at radius 3 is 2.71 bits per heavy atom. The van der Waals surface area contributed by atoms with Gasteiger partial charge in [0.25, 0.3) is 0 Å². The average molecular weight is 444 g/mol. The molecule has 0 saturated carbocycles. The lowest BCUT2D eigenvalue weighted by molar-refractivity contribution is 0.319. The highest BCUT2D eigenvalue weighted by molar-refractivity contribution is 5.97. The Bertz CT molecular complexity index is 1690. The molecule has 0 radical (unpaired) electrons. The van der Waals surface area contributed by atoms with Gasteiger partial charge in [-0.1, -0.05) is 24.3 Å². The summed E-state index contributed by atoms with van der Waals surface area (Å²) in [6.07, 6.45) is 5.69. The van der Waals surface area contributed by atoms with Crippen molar-refractivity contribution >= 4 is 21.9 Å². The molecule has 0 atom stereocenters. The van der Waals surface area contributed by atoms with Gasteiger partial charge >= 0.3 is 0 Å². The van der Waals surface area contributed by atoms with Crippen LogP contribution in [0, 0.1) is 0 Å². The van der Waals surface area contributed by atoms with E-state index in [9.17, 15) is 0 Å². The minimum atomic E-state index is 0.722. The van der Waals surface area contributed by atoms with E-state index in [-0.39, 0.29) is 0 Å². The molecule has 8 bridgehead atoms. The molecule has 4 aromatic heterocycles. The first-order valence-electron chi connectivity index (χ1n) is 11.3. The van der Waals surface area contributed by atoms with E-state index in [0.29, 0.717) is 0 Å². The Hall–Kier alpha value is -4.36. The average Bonchev–Trinajstić information content (AvgIpc) is 3.47. The molecule has 34 heavy (non-hydrogen) atoms. The summed E-state index contributed by atoms with van der Waals surface area (Å²) in [4.78, 5) is 20.0. The maximum absolute atomic E-state index is 4.96. The zero-order valence-electron chi connectivity index (χ0n) is 18.6. The van der Waals surface area contributed by atoms with Crippen LogP contribution in [0.15, 0.2) is 73.2 Å². The van der Waals surface area contributed by atoms with Gasteiger partial charge in [-0.3, -0.25) is 20.0 Å². The van der Waals surface area contributed by atoms with E-state index in [1.807, 2.05) is 24.7 Å². The van der Waals surface area contributed by atoms with Crippen LogP contribution in [0.4, 0.5) is 0 Å². The monoisotopic (exact) mass is 443 g/mol. The third kappa shape index (κ3) is 3.09. The number of imidazole rings is 1. The molecule has 2 aromatic carbocycles. The molecular formula is C27H21N7. The van der Waals surface area contributed by atoms with Gasteiger partial charge in [0.15, 0.2) is 5.82 Å². The third-order valence-corrected chi connectivity index (χ3v) is 6.42. The second-order valence-corrected chi connectivity index (χ2v) is 8.93. The standard InChI is InChI=1S/C27H21N7/c1-34-14-16-3-2-4-19(9-16)24-26-23(7-8-29-24)30-27(31-26)25-21-11-18(5-6-22(21)32-33-25)20-10-17(15-34)12-28-13-20/h2-13H,14-15H2,1H3,(H,30,31)(H,32,33). The molecule has 164 valence electrons. The normalized spacial score (nSPS) is 13.7.